The van der Waals surface area contributed by atoms with Crippen LogP contribution in [0, 0.1) is 0 Å². The lowest BCUT2D eigenvalue weighted by molar-refractivity contribution is 0.804. The predicted octanol–water partition coefficient (Wildman–Crippen LogP) is 2.94. The summed E-state index contributed by atoms with van der Waals surface area (Å²) in [6.45, 7) is 0.923. The normalized spacial score (nSPS) is 16.2. The maximum absolute atomic E-state index is 5.95. The first-order valence-electron chi connectivity index (χ1n) is 4.74. The molecule has 1 N–H and O–H groups in total. The second kappa shape index (κ2) is 3.69. The largest absolute Gasteiger partial charge is 0.316 e. The van der Waals surface area contributed by atoms with Crippen LogP contribution in [-0.2, 0) is 6.54 Å². The van der Waals surface area contributed by atoms with Crippen LogP contribution < -0.4 is 5.32 Å². The topological polar surface area (TPSA) is 12.0 Å². The van der Waals surface area contributed by atoms with E-state index in [2.05, 4.69) is 17.4 Å². The highest BCUT2D eigenvalue weighted by Gasteiger charge is 2.25. The summed E-state index contributed by atoms with van der Waals surface area (Å²) in [7, 11) is 1.97. The molecule has 0 aromatic heterocycles. The van der Waals surface area contributed by atoms with Crippen molar-refractivity contribution in [1.29, 1.82) is 0 Å². The van der Waals surface area contributed by atoms with E-state index in [0.717, 1.165) is 17.5 Å². The van der Waals surface area contributed by atoms with Crippen LogP contribution in [0.15, 0.2) is 18.2 Å². The van der Waals surface area contributed by atoms with Crippen molar-refractivity contribution in [2.75, 3.05) is 7.05 Å². The third kappa shape index (κ3) is 2.04. The Morgan fingerprint density at radius 1 is 1.46 bits per heavy atom. The van der Waals surface area contributed by atoms with Gasteiger partial charge in [0.15, 0.2) is 0 Å². The molecule has 0 bridgehead atoms. The molecule has 0 heterocycles. The minimum atomic E-state index is 0.806. The Morgan fingerprint density at radius 3 is 2.85 bits per heavy atom. The van der Waals surface area contributed by atoms with E-state index in [4.69, 9.17) is 11.6 Å². The van der Waals surface area contributed by atoms with E-state index in [-0.39, 0.29) is 0 Å². The number of halogens is 1. The van der Waals surface area contributed by atoms with Crippen LogP contribution in [-0.4, -0.2) is 7.05 Å². The third-order valence-electron chi connectivity index (χ3n) is 2.49. The third-order valence-corrected chi connectivity index (χ3v) is 2.72. The van der Waals surface area contributed by atoms with Crippen LogP contribution in [0.5, 0.6) is 0 Å². The van der Waals surface area contributed by atoms with Crippen molar-refractivity contribution in [3.05, 3.63) is 34.3 Å². The van der Waals surface area contributed by atoms with Gasteiger partial charge in [0.2, 0.25) is 0 Å². The number of nitrogens with one attached hydrogen (secondary N) is 1. The van der Waals surface area contributed by atoms with Crippen LogP contribution >= 0.6 is 11.6 Å². The molecule has 2 heteroatoms. The van der Waals surface area contributed by atoms with Crippen molar-refractivity contribution in [2.45, 2.75) is 25.3 Å². The molecule has 1 aromatic carbocycles. The van der Waals surface area contributed by atoms with Crippen LogP contribution in [0.25, 0.3) is 0 Å². The van der Waals surface area contributed by atoms with Gasteiger partial charge in [0.05, 0.1) is 0 Å². The lowest BCUT2D eigenvalue weighted by atomic mass is 10.0. The summed E-state index contributed by atoms with van der Waals surface area (Å²) in [5.74, 6) is 0.806. The fourth-order valence-corrected chi connectivity index (χ4v) is 1.91. The molecule has 13 heavy (non-hydrogen) atoms. The van der Waals surface area contributed by atoms with Crippen LogP contribution in [0.4, 0.5) is 0 Å². The zero-order valence-corrected chi connectivity index (χ0v) is 8.56. The van der Waals surface area contributed by atoms with Gasteiger partial charge >= 0.3 is 0 Å². The van der Waals surface area contributed by atoms with E-state index in [0.29, 0.717) is 0 Å². The van der Waals surface area contributed by atoms with Gasteiger partial charge in [-0.1, -0.05) is 17.7 Å². The van der Waals surface area contributed by atoms with Gasteiger partial charge in [0.25, 0.3) is 0 Å². The highest BCUT2D eigenvalue weighted by atomic mass is 35.5. The van der Waals surface area contributed by atoms with Gasteiger partial charge in [-0.15, -0.1) is 0 Å². The summed E-state index contributed by atoms with van der Waals surface area (Å²) in [4.78, 5) is 0. The SMILES string of the molecule is CNCc1cc(Cl)ccc1C1CC1. The fourth-order valence-electron chi connectivity index (χ4n) is 1.71. The highest BCUT2D eigenvalue weighted by Crippen LogP contribution is 2.42. The van der Waals surface area contributed by atoms with E-state index in [1.165, 1.54) is 24.0 Å². The molecule has 0 aliphatic heterocycles. The van der Waals surface area contributed by atoms with E-state index in [9.17, 15) is 0 Å². The van der Waals surface area contributed by atoms with E-state index < -0.39 is 0 Å². The monoisotopic (exact) mass is 195 g/mol. The summed E-state index contributed by atoms with van der Waals surface area (Å²) in [6, 6.07) is 6.24. The zero-order valence-electron chi connectivity index (χ0n) is 7.81. The average Bonchev–Trinajstić information content (AvgIpc) is 2.88. The maximum Gasteiger partial charge on any atom is 0.0409 e. The van der Waals surface area contributed by atoms with Gasteiger partial charge in [-0.05, 0) is 49.1 Å². The number of hydrogen-bond donors (Lipinski definition) is 1. The summed E-state index contributed by atoms with van der Waals surface area (Å²) in [6.07, 6.45) is 2.69. The summed E-state index contributed by atoms with van der Waals surface area (Å²) in [5.41, 5.74) is 2.84. The van der Waals surface area contributed by atoms with Crippen molar-refractivity contribution in [2.24, 2.45) is 0 Å². The second-order valence-corrected chi connectivity index (χ2v) is 4.08. The smallest absolute Gasteiger partial charge is 0.0409 e. The fraction of sp³-hybridized carbons (Fsp3) is 0.455. The van der Waals surface area contributed by atoms with Crippen molar-refractivity contribution in [3.8, 4) is 0 Å². The Morgan fingerprint density at radius 2 is 2.23 bits per heavy atom. The summed E-state index contributed by atoms with van der Waals surface area (Å²) < 4.78 is 0. The Kier molecular flexibility index (Phi) is 2.56. The zero-order chi connectivity index (χ0) is 9.26. The lowest BCUT2D eigenvalue weighted by Crippen LogP contribution is -2.07. The standard InChI is InChI=1S/C11H14ClN/c1-13-7-9-6-10(12)4-5-11(9)8-2-3-8/h4-6,8,13H,2-3,7H2,1H3. The van der Waals surface area contributed by atoms with Crippen LogP contribution in [0.1, 0.15) is 29.9 Å². The summed E-state index contributed by atoms with van der Waals surface area (Å²) in [5, 5.41) is 4.02. The quantitative estimate of drug-likeness (QED) is 0.782. The number of rotatable bonds is 3. The Labute approximate surface area is 84.1 Å². The Balaban J connectivity index is 2.30. The van der Waals surface area contributed by atoms with E-state index in [1.54, 1.807) is 0 Å². The predicted molar refractivity (Wildman–Crippen MR) is 56.2 cm³/mol. The lowest BCUT2D eigenvalue weighted by Gasteiger charge is -2.08. The second-order valence-electron chi connectivity index (χ2n) is 3.65. The molecular weight excluding hydrogens is 182 g/mol. The van der Waals surface area contributed by atoms with Crippen molar-refractivity contribution >= 4 is 11.6 Å². The van der Waals surface area contributed by atoms with Crippen LogP contribution in [0.3, 0.4) is 0 Å². The van der Waals surface area contributed by atoms with E-state index in [1.807, 2.05) is 13.1 Å². The maximum atomic E-state index is 5.95. The molecule has 0 unspecified atom stereocenters. The van der Waals surface area contributed by atoms with Crippen molar-refractivity contribution in [3.63, 3.8) is 0 Å². The molecule has 70 valence electrons. The molecule has 2 rings (SSSR count). The molecule has 0 amide bonds. The molecule has 0 spiro atoms. The van der Waals surface area contributed by atoms with E-state index >= 15 is 0 Å². The molecule has 1 aliphatic rings. The first-order chi connectivity index (χ1) is 6.31. The van der Waals surface area contributed by atoms with Gasteiger partial charge < -0.3 is 5.32 Å². The van der Waals surface area contributed by atoms with Gasteiger partial charge in [-0.25, -0.2) is 0 Å². The molecule has 0 radical (unpaired) electrons. The molecule has 0 saturated heterocycles. The number of hydrogen-bond acceptors (Lipinski definition) is 1. The average molecular weight is 196 g/mol. The molecule has 1 fully saturated rings. The molecule has 1 aliphatic carbocycles. The van der Waals surface area contributed by atoms with Gasteiger partial charge in [0.1, 0.15) is 0 Å². The van der Waals surface area contributed by atoms with Crippen molar-refractivity contribution in [1.82, 2.24) is 5.32 Å². The molecule has 0 atom stereocenters. The molecule has 1 saturated carbocycles. The van der Waals surface area contributed by atoms with Crippen LogP contribution in [0.2, 0.25) is 5.02 Å². The first-order valence-corrected chi connectivity index (χ1v) is 5.12. The first kappa shape index (κ1) is 9.04. The van der Waals surface area contributed by atoms with Crippen molar-refractivity contribution < 1.29 is 0 Å². The Hall–Kier alpha value is -0.530. The highest BCUT2D eigenvalue weighted by molar-refractivity contribution is 6.30. The minimum absolute atomic E-state index is 0.806. The molecular formula is C11H14ClN. The molecule has 1 nitrogen and oxygen atoms in total. The van der Waals surface area contributed by atoms with Gasteiger partial charge in [0, 0.05) is 11.6 Å². The Bertz CT molecular complexity index is 305. The van der Waals surface area contributed by atoms with Gasteiger partial charge in [-0.2, -0.15) is 0 Å². The van der Waals surface area contributed by atoms with Gasteiger partial charge in [-0.3, -0.25) is 0 Å². The summed E-state index contributed by atoms with van der Waals surface area (Å²) >= 11 is 5.95. The number of benzene rings is 1. The molecule has 1 aromatic rings. The minimum Gasteiger partial charge on any atom is -0.316 e.